The van der Waals surface area contributed by atoms with Crippen molar-refractivity contribution >= 4 is 0 Å². The lowest BCUT2D eigenvalue weighted by Crippen LogP contribution is -2.29. The molecule has 1 rings (SSSR count). The van der Waals surface area contributed by atoms with Crippen LogP contribution in [0, 0.1) is 6.92 Å². The van der Waals surface area contributed by atoms with Crippen molar-refractivity contribution in [2.45, 2.75) is 33.2 Å². The molecule has 1 N–H and O–H groups in total. The van der Waals surface area contributed by atoms with Crippen molar-refractivity contribution in [1.29, 1.82) is 0 Å². The Morgan fingerprint density at radius 1 is 1.33 bits per heavy atom. The monoisotopic (exact) mass is 207 g/mol. The van der Waals surface area contributed by atoms with Crippen LogP contribution in [0.2, 0.25) is 0 Å². The maximum absolute atomic E-state index is 5.67. The first-order valence-corrected chi connectivity index (χ1v) is 5.66. The van der Waals surface area contributed by atoms with Gasteiger partial charge in [-0.2, -0.15) is 0 Å². The van der Waals surface area contributed by atoms with Gasteiger partial charge in [0.25, 0.3) is 0 Å². The molecule has 84 valence electrons. The van der Waals surface area contributed by atoms with Crippen LogP contribution in [-0.2, 0) is 0 Å². The van der Waals surface area contributed by atoms with E-state index in [1.54, 1.807) is 0 Å². The van der Waals surface area contributed by atoms with Gasteiger partial charge in [0.1, 0.15) is 12.4 Å². The van der Waals surface area contributed by atoms with Gasteiger partial charge >= 0.3 is 0 Å². The van der Waals surface area contributed by atoms with Gasteiger partial charge < -0.3 is 10.1 Å². The fourth-order valence-electron chi connectivity index (χ4n) is 1.33. The zero-order valence-corrected chi connectivity index (χ0v) is 9.92. The molecule has 0 spiro atoms. The van der Waals surface area contributed by atoms with E-state index in [9.17, 15) is 0 Å². The molecule has 1 aromatic carbocycles. The van der Waals surface area contributed by atoms with E-state index in [0.29, 0.717) is 6.04 Å². The van der Waals surface area contributed by atoms with Gasteiger partial charge in [0, 0.05) is 12.6 Å². The maximum Gasteiger partial charge on any atom is 0.122 e. The number of hydrogen-bond acceptors (Lipinski definition) is 2. The lowest BCUT2D eigenvalue weighted by Gasteiger charge is -2.12. The number of ether oxygens (including phenoxy) is 1. The summed E-state index contributed by atoms with van der Waals surface area (Å²) in [5, 5.41) is 3.40. The minimum absolute atomic E-state index is 0.575. The molecule has 0 aromatic heterocycles. The van der Waals surface area contributed by atoms with Crippen LogP contribution in [0.1, 0.15) is 25.8 Å². The molecule has 2 heteroatoms. The molecule has 0 fully saturated rings. The van der Waals surface area contributed by atoms with Crippen LogP contribution in [0.3, 0.4) is 0 Å². The Balaban J connectivity index is 2.23. The minimum atomic E-state index is 0.575. The molecule has 0 bridgehead atoms. The van der Waals surface area contributed by atoms with Crippen molar-refractivity contribution in [3.8, 4) is 5.75 Å². The van der Waals surface area contributed by atoms with Crippen molar-refractivity contribution in [2.75, 3.05) is 13.2 Å². The topological polar surface area (TPSA) is 21.3 Å². The molecule has 0 aliphatic rings. The number of rotatable bonds is 6. The van der Waals surface area contributed by atoms with Crippen LogP contribution in [0.15, 0.2) is 24.3 Å². The van der Waals surface area contributed by atoms with E-state index >= 15 is 0 Å². The molecule has 0 heterocycles. The molecule has 1 atom stereocenters. The van der Waals surface area contributed by atoms with E-state index in [0.717, 1.165) is 25.3 Å². The van der Waals surface area contributed by atoms with E-state index < -0.39 is 0 Å². The number of benzene rings is 1. The molecule has 0 radical (unpaired) electrons. The van der Waals surface area contributed by atoms with Gasteiger partial charge in [-0.1, -0.05) is 25.1 Å². The first-order valence-electron chi connectivity index (χ1n) is 5.66. The first-order chi connectivity index (χ1) is 7.24. The van der Waals surface area contributed by atoms with E-state index in [2.05, 4.69) is 32.2 Å². The van der Waals surface area contributed by atoms with Gasteiger partial charge in [-0.3, -0.25) is 0 Å². The molecule has 0 aliphatic carbocycles. The van der Waals surface area contributed by atoms with Gasteiger partial charge in [0.2, 0.25) is 0 Å². The maximum atomic E-state index is 5.67. The van der Waals surface area contributed by atoms with Crippen LogP contribution >= 0.6 is 0 Å². The lowest BCUT2D eigenvalue weighted by atomic mass is 10.2. The zero-order valence-electron chi connectivity index (χ0n) is 9.92. The molecule has 0 saturated heterocycles. The highest BCUT2D eigenvalue weighted by Gasteiger charge is 1.98. The van der Waals surface area contributed by atoms with Crippen molar-refractivity contribution in [1.82, 2.24) is 5.32 Å². The average molecular weight is 207 g/mol. The van der Waals surface area contributed by atoms with E-state index in [1.165, 1.54) is 5.56 Å². The Bertz CT molecular complexity index is 286. The molecule has 0 unspecified atom stereocenters. The second kappa shape index (κ2) is 6.46. The summed E-state index contributed by atoms with van der Waals surface area (Å²) in [6.07, 6.45) is 1.16. The van der Waals surface area contributed by atoms with Crippen LogP contribution in [0.4, 0.5) is 0 Å². The highest BCUT2D eigenvalue weighted by atomic mass is 16.5. The van der Waals surface area contributed by atoms with Gasteiger partial charge in [0.15, 0.2) is 0 Å². The van der Waals surface area contributed by atoms with E-state index in [1.807, 2.05) is 18.2 Å². The van der Waals surface area contributed by atoms with Gasteiger partial charge in [-0.05, 0) is 31.9 Å². The number of para-hydroxylation sites is 1. The second-order valence-electron chi connectivity index (χ2n) is 3.88. The van der Waals surface area contributed by atoms with Crippen molar-refractivity contribution in [2.24, 2.45) is 0 Å². The van der Waals surface area contributed by atoms with E-state index in [-0.39, 0.29) is 0 Å². The highest BCUT2D eigenvalue weighted by molar-refractivity contribution is 5.31. The number of aryl methyl sites for hydroxylation is 1. The van der Waals surface area contributed by atoms with Crippen LogP contribution in [-0.4, -0.2) is 19.2 Å². The highest BCUT2D eigenvalue weighted by Crippen LogP contribution is 2.15. The summed E-state index contributed by atoms with van der Waals surface area (Å²) >= 11 is 0. The molecule has 0 saturated carbocycles. The van der Waals surface area contributed by atoms with Gasteiger partial charge in [0.05, 0.1) is 0 Å². The quantitative estimate of drug-likeness (QED) is 0.724. The predicted octanol–water partition coefficient (Wildman–Crippen LogP) is 2.76. The summed E-state index contributed by atoms with van der Waals surface area (Å²) in [5.41, 5.74) is 1.20. The SMILES string of the molecule is CC[C@H](C)NCCOc1ccccc1C. The van der Waals surface area contributed by atoms with Crippen LogP contribution in [0.5, 0.6) is 5.75 Å². The normalized spacial score (nSPS) is 12.5. The number of hydrogen-bond donors (Lipinski definition) is 1. The summed E-state index contributed by atoms with van der Waals surface area (Å²) in [6.45, 7) is 8.07. The standard InChI is InChI=1S/C13H21NO/c1-4-12(3)14-9-10-15-13-8-6-5-7-11(13)2/h5-8,12,14H,4,9-10H2,1-3H3/t12-/m0/s1. The Morgan fingerprint density at radius 2 is 2.07 bits per heavy atom. The third kappa shape index (κ3) is 4.34. The Kier molecular flexibility index (Phi) is 5.19. The van der Waals surface area contributed by atoms with E-state index in [4.69, 9.17) is 4.74 Å². The number of nitrogens with one attached hydrogen (secondary N) is 1. The smallest absolute Gasteiger partial charge is 0.122 e. The fraction of sp³-hybridized carbons (Fsp3) is 0.538. The molecular weight excluding hydrogens is 186 g/mol. The van der Waals surface area contributed by atoms with Crippen molar-refractivity contribution in [3.05, 3.63) is 29.8 Å². The van der Waals surface area contributed by atoms with Crippen LogP contribution < -0.4 is 10.1 Å². The molecular formula is C13H21NO. The molecule has 0 aliphatic heterocycles. The third-order valence-electron chi connectivity index (χ3n) is 2.56. The van der Waals surface area contributed by atoms with Crippen molar-refractivity contribution < 1.29 is 4.74 Å². The van der Waals surface area contributed by atoms with Gasteiger partial charge in [-0.15, -0.1) is 0 Å². The summed E-state index contributed by atoms with van der Waals surface area (Å²) in [7, 11) is 0. The second-order valence-corrected chi connectivity index (χ2v) is 3.88. The predicted molar refractivity (Wildman–Crippen MR) is 64.4 cm³/mol. The zero-order chi connectivity index (χ0) is 11.1. The fourth-order valence-corrected chi connectivity index (χ4v) is 1.33. The Hall–Kier alpha value is -1.02. The third-order valence-corrected chi connectivity index (χ3v) is 2.56. The average Bonchev–Trinajstić information content (AvgIpc) is 2.26. The largest absolute Gasteiger partial charge is 0.492 e. The van der Waals surface area contributed by atoms with Crippen LogP contribution in [0.25, 0.3) is 0 Å². The molecule has 2 nitrogen and oxygen atoms in total. The molecule has 0 amide bonds. The summed E-state index contributed by atoms with van der Waals surface area (Å²) in [6, 6.07) is 8.69. The Morgan fingerprint density at radius 3 is 2.73 bits per heavy atom. The summed E-state index contributed by atoms with van der Waals surface area (Å²) < 4.78 is 5.67. The summed E-state index contributed by atoms with van der Waals surface area (Å²) in [5.74, 6) is 0.989. The molecule has 15 heavy (non-hydrogen) atoms. The first kappa shape index (κ1) is 12.1. The van der Waals surface area contributed by atoms with Gasteiger partial charge in [-0.25, -0.2) is 0 Å². The molecule has 1 aromatic rings. The van der Waals surface area contributed by atoms with Crippen molar-refractivity contribution in [3.63, 3.8) is 0 Å². The minimum Gasteiger partial charge on any atom is -0.492 e. The summed E-state index contributed by atoms with van der Waals surface area (Å²) in [4.78, 5) is 0. The Labute approximate surface area is 92.6 Å². The lowest BCUT2D eigenvalue weighted by molar-refractivity contribution is 0.304.